The smallest absolute Gasteiger partial charge is 0.122 e. The Labute approximate surface area is 119 Å². The molecule has 2 unspecified atom stereocenters. The van der Waals surface area contributed by atoms with E-state index in [0.29, 0.717) is 17.6 Å². The summed E-state index contributed by atoms with van der Waals surface area (Å²) in [5.41, 5.74) is 3.68. The lowest BCUT2D eigenvalue weighted by molar-refractivity contribution is 0.447. The highest BCUT2D eigenvalue weighted by atomic mass is 16.3. The number of rotatable bonds is 4. The molecule has 1 heteroatoms. The van der Waals surface area contributed by atoms with Crippen LogP contribution in [-0.2, 0) is 5.41 Å². The molecule has 0 saturated heterocycles. The molecule has 0 aliphatic rings. The van der Waals surface area contributed by atoms with Gasteiger partial charge in [-0.25, -0.2) is 0 Å². The first-order valence-electron chi connectivity index (χ1n) is 7.59. The maximum absolute atomic E-state index is 10.6. The number of aromatic hydroxyl groups is 1. The van der Waals surface area contributed by atoms with Crippen LogP contribution in [0.15, 0.2) is 12.1 Å². The van der Waals surface area contributed by atoms with Gasteiger partial charge in [0, 0.05) is 0 Å². The molecule has 1 rings (SSSR count). The third kappa shape index (κ3) is 3.52. The van der Waals surface area contributed by atoms with Crippen molar-refractivity contribution in [3.63, 3.8) is 0 Å². The van der Waals surface area contributed by atoms with E-state index in [0.717, 1.165) is 24.0 Å². The van der Waals surface area contributed by atoms with Crippen LogP contribution in [0.3, 0.4) is 0 Å². The highest BCUT2D eigenvalue weighted by Crippen LogP contribution is 2.39. The summed E-state index contributed by atoms with van der Waals surface area (Å²) >= 11 is 0. The molecule has 0 aliphatic heterocycles. The Morgan fingerprint density at radius 3 is 1.58 bits per heavy atom. The van der Waals surface area contributed by atoms with Crippen LogP contribution in [0.2, 0.25) is 0 Å². The van der Waals surface area contributed by atoms with Crippen LogP contribution in [0.25, 0.3) is 0 Å². The molecule has 19 heavy (non-hydrogen) atoms. The summed E-state index contributed by atoms with van der Waals surface area (Å²) < 4.78 is 0. The molecular formula is C18H30O. The van der Waals surface area contributed by atoms with Crippen molar-refractivity contribution in [3.05, 3.63) is 28.8 Å². The summed E-state index contributed by atoms with van der Waals surface area (Å²) in [4.78, 5) is 0. The average molecular weight is 262 g/mol. The topological polar surface area (TPSA) is 20.2 Å². The minimum atomic E-state index is 0.123. The molecular weight excluding hydrogens is 232 g/mol. The molecule has 0 saturated carbocycles. The van der Waals surface area contributed by atoms with Gasteiger partial charge in [-0.05, 0) is 46.8 Å². The van der Waals surface area contributed by atoms with Crippen LogP contribution in [0, 0.1) is 0 Å². The number of benzene rings is 1. The second-order valence-corrected chi connectivity index (χ2v) is 6.87. The minimum Gasteiger partial charge on any atom is -0.507 e. The molecule has 0 radical (unpaired) electrons. The van der Waals surface area contributed by atoms with Crippen molar-refractivity contribution in [2.24, 2.45) is 0 Å². The van der Waals surface area contributed by atoms with E-state index in [4.69, 9.17) is 0 Å². The Balaban J connectivity index is 3.47. The Hall–Kier alpha value is -0.980. The lowest BCUT2D eigenvalue weighted by atomic mass is 9.80. The summed E-state index contributed by atoms with van der Waals surface area (Å²) in [6.45, 7) is 15.5. The number of phenolic OH excluding ortho intramolecular Hbond substituents is 1. The van der Waals surface area contributed by atoms with Gasteiger partial charge in [-0.2, -0.15) is 0 Å². The normalized spacial score (nSPS) is 15.3. The van der Waals surface area contributed by atoms with Crippen LogP contribution in [-0.4, -0.2) is 5.11 Å². The Bertz CT molecular complexity index is 395. The minimum absolute atomic E-state index is 0.123. The van der Waals surface area contributed by atoms with Crippen molar-refractivity contribution >= 4 is 0 Å². The summed E-state index contributed by atoms with van der Waals surface area (Å²) in [7, 11) is 0. The molecule has 2 atom stereocenters. The lowest BCUT2D eigenvalue weighted by Gasteiger charge is -2.25. The van der Waals surface area contributed by atoms with Crippen molar-refractivity contribution in [3.8, 4) is 5.75 Å². The zero-order valence-electron chi connectivity index (χ0n) is 13.7. The molecule has 0 spiro atoms. The molecule has 1 aromatic carbocycles. The highest BCUT2D eigenvalue weighted by Gasteiger charge is 2.22. The fourth-order valence-electron chi connectivity index (χ4n) is 2.30. The van der Waals surface area contributed by atoms with Crippen molar-refractivity contribution in [1.82, 2.24) is 0 Å². The third-order valence-corrected chi connectivity index (χ3v) is 4.32. The van der Waals surface area contributed by atoms with Gasteiger partial charge < -0.3 is 5.11 Å². The second kappa shape index (κ2) is 5.98. The monoisotopic (exact) mass is 262 g/mol. The van der Waals surface area contributed by atoms with Crippen LogP contribution in [0.5, 0.6) is 5.75 Å². The molecule has 0 aromatic heterocycles. The van der Waals surface area contributed by atoms with Gasteiger partial charge >= 0.3 is 0 Å². The summed E-state index contributed by atoms with van der Waals surface area (Å²) in [5.74, 6) is 1.34. The molecule has 0 bridgehead atoms. The second-order valence-electron chi connectivity index (χ2n) is 6.87. The van der Waals surface area contributed by atoms with E-state index < -0.39 is 0 Å². The van der Waals surface area contributed by atoms with E-state index in [1.54, 1.807) is 0 Å². The van der Waals surface area contributed by atoms with Gasteiger partial charge in [0.05, 0.1) is 0 Å². The van der Waals surface area contributed by atoms with E-state index in [9.17, 15) is 5.11 Å². The van der Waals surface area contributed by atoms with Gasteiger partial charge in [0.2, 0.25) is 0 Å². The number of hydrogen-bond donors (Lipinski definition) is 1. The zero-order chi connectivity index (χ0) is 14.8. The Kier molecular flexibility index (Phi) is 5.06. The average Bonchev–Trinajstić information content (AvgIpc) is 2.35. The Morgan fingerprint density at radius 1 is 0.947 bits per heavy atom. The summed E-state index contributed by atoms with van der Waals surface area (Å²) in [6, 6.07) is 4.41. The maximum atomic E-state index is 10.6. The van der Waals surface area contributed by atoms with Gasteiger partial charge in [-0.3, -0.25) is 0 Å². The van der Waals surface area contributed by atoms with Crippen molar-refractivity contribution in [2.45, 2.75) is 78.6 Å². The maximum Gasteiger partial charge on any atom is 0.122 e. The Morgan fingerprint density at radius 2 is 1.32 bits per heavy atom. The molecule has 0 heterocycles. The van der Waals surface area contributed by atoms with Crippen molar-refractivity contribution in [2.75, 3.05) is 0 Å². The van der Waals surface area contributed by atoms with Gasteiger partial charge in [-0.15, -0.1) is 0 Å². The van der Waals surface area contributed by atoms with Crippen molar-refractivity contribution in [1.29, 1.82) is 0 Å². The predicted octanol–water partition coefficient (Wildman–Crippen LogP) is 5.72. The van der Waals surface area contributed by atoms with Gasteiger partial charge in [0.15, 0.2) is 0 Å². The zero-order valence-corrected chi connectivity index (χ0v) is 13.7. The molecule has 0 fully saturated rings. The molecule has 1 nitrogen and oxygen atoms in total. The first-order chi connectivity index (χ1) is 8.72. The van der Waals surface area contributed by atoms with Gasteiger partial charge in [0.1, 0.15) is 5.75 Å². The standard InChI is InChI=1S/C18H30O/c1-8-12(3)15-10-14(18(5,6)7)11-16(17(15)19)13(4)9-2/h10-13,19H,8-9H2,1-7H3. The summed E-state index contributed by atoms with van der Waals surface area (Å²) in [6.07, 6.45) is 2.11. The molecule has 1 aromatic rings. The third-order valence-electron chi connectivity index (χ3n) is 4.32. The summed E-state index contributed by atoms with van der Waals surface area (Å²) in [5, 5.41) is 10.6. The predicted molar refractivity (Wildman–Crippen MR) is 84.2 cm³/mol. The van der Waals surface area contributed by atoms with Crippen LogP contribution >= 0.6 is 0 Å². The fourth-order valence-corrected chi connectivity index (χ4v) is 2.30. The lowest BCUT2D eigenvalue weighted by Crippen LogP contribution is -2.13. The van der Waals surface area contributed by atoms with E-state index in [1.807, 2.05) is 0 Å². The van der Waals surface area contributed by atoms with Crippen LogP contribution in [0.4, 0.5) is 0 Å². The molecule has 0 aliphatic carbocycles. The van der Waals surface area contributed by atoms with Crippen LogP contribution in [0.1, 0.15) is 89.8 Å². The molecule has 0 amide bonds. The first-order valence-corrected chi connectivity index (χ1v) is 7.59. The largest absolute Gasteiger partial charge is 0.507 e. The number of hydrogen-bond acceptors (Lipinski definition) is 1. The van der Waals surface area contributed by atoms with Gasteiger partial charge in [0.25, 0.3) is 0 Å². The van der Waals surface area contributed by atoms with Crippen LogP contribution < -0.4 is 0 Å². The first kappa shape index (κ1) is 16.1. The number of phenols is 1. The van der Waals surface area contributed by atoms with E-state index >= 15 is 0 Å². The van der Waals surface area contributed by atoms with Gasteiger partial charge in [-0.1, -0.05) is 60.6 Å². The van der Waals surface area contributed by atoms with E-state index in [-0.39, 0.29) is 5.41 Å². The SMILES string of the molecule is CCC(C)c1cc(C(C)(C)C)cc(C(C)CC)c1O. The van der Waals surface area contributed by atoms with E-state index in [1.165, 1.54) is 5.56 Å². The quantitative estimate of drug-likeness (QED) is 0.736. The molecule has 1 N–H and O–H groups in total. The highest BCUT2D eigenvalue weighted by molar-refractivity contribution is 5.48. The fraction of sp³-hybridized carbons (Fsp3) is 0.667. The van der Waals surface area contributed by atoms with Crippen molar-refractivity contribution < 1.29 is 5.11 Å². The molecule has 108 valence electrons. The van der Waals surface area contributed by atoms with E-state index in [2.05, 4.69) is 60.6 Å².